The molecule has 0 aromatic heterocycles. The second-order valence-electron chi connectivity index (χ2n) is 8.55. The first-order valence-electron chi connectivity index (χ1n) is 11.7. The van der Waals surface area contributed by atoms with Gasteiger partial charge in [-0.3, -0.25) is 4.79 Å². The SMILES string of the molecule is CCCCCCC(=O)N/C=C/CC1CC(O)C(C)C/C=C\Cc2cccc(O)c2C(=O)O1. The van der Waals surface area contributed by atoms with Crippen molar-refractivity contribution in [2.75, 3.05) is 0 Å². The molecule has 0 bridgehead atoms. The molecule has 0 saturated heterocycles. The summed E-state index contributed by atoms with van der Waals surface area (Å²) in [5.74, 6) is -0.739. The fourth-order valence-electron chi connectivity index (χ4n) is 3.73. The number of rotatable bonds is 8. The van der Waals surface area contributed by atoms with E-state index >= 15 is 0 Å². The number of unbranched alkanes of at least 4 members (excludes halogenated alkanes) is 3. The molecular weight excluding hydrogens is 406 g/mol. The second kappa shape index (κ2) is 13.7. The zero-order valence-electron chi connectivity index (χ0n) is 19.3. The van der Waals surface area contributed by atoms with Gasteiger partial charge in [0.05, 0.1) is 6.10 Å². The smallest absolute Gasteiger partial charge is 0.342 e. The van der Waals surface area contributed by atoms with E-state index in [1.807, 2.05) is 19.1 Å². The molecule has 1 aliphatic rings. The molecule has 3 unspecified atom stereocenters. The van der Waals surface area contributed by atoms with E-state index < -0.39 is 18.2 Å². The van der Waals surface area contributed by atoms with Crippen molar-refractivity contribution < 1.29 is 24.5 Å². The number of cyclic esters (lactones) is 1. The van der Waals surface area contributed by atoms with Crippen LogP contribution in [0.2, 0.25) is 0 Å². The van der Waals surface area contributed by atoms with E-state index in [9.17, 15) is 19.8 Å². The highest BCUT2D eigenvalue weighted by Gasteiger charge is 2.25. The zero-order chi connectivity index (χ0) is 23.3. The molecule has 176 valence electrons. The van der Waals surface area contributed by atoms with Crippen molar-refractivity contribution in [1.82, 2.24) is 5.32 Å². The normalized spacial score (nSPS) is 23.0. The quantitative estimate of drug-likeness (QED) is 0.305. The number of hydrogen-bond acceptors (Lipinski definition) is 5. The maximum absolute atomic E-state index is 12.9. The third kappa shape index (κ3) is 8.50. The molecule has 1 aromatic carbocycles. The number of nitrogens with one attached hydrogen (secondary N) is 1. The van der Waals surface area contributed by atoms with Crippen LogP contribution in [-0.2, 0) is 16.0 Å². The monoisotopic (exact) mass is 443 g/mol. The third-order valence-corrected chi connectivity index (χ3v) is 5.80. The third-order valence-electron chi connectivity index (χ3n) is 5.80. The number of aliphatic hydroxyl groups is 1. The van der Waals surface area contributed by atoms with Crippen LogP contribution in [0.25, 0.3) is 0 Å². The van der Waals surface area contributed by atoms with Gasteiger partial charge in [-0.2, -0.15) is 0 Å². The molecule has 3 atom stereocenters. The molecule has 32 heavy (non-hydrogen) atoms. The maximum atomic E-state index is 12.9. The van der Waals surface area contributed by atoms with Crippen LogP contribution < -0.4 is 5.32 Å². The summed E-state index contributed by atoms with van der Waals surface area (Å²) < 4.78 is 5.70. The number of esters is 1. The van der Waals surface area contributed by atoms with Crippen LogP contribution >= 0.6 is 0 Å². The van der Waals surface area contributed by atoms with Crippen LogP contribution in [0.3, 0.4) is 0 Å². The number of fused-ring (bicyclic) bond motifs is 1. The minimum absolute atomic E-state index is 0.0160. The molecule has 3 N–H and O–H groups in total. The number of amides is 1. The number of ether oxygens (including phenoxy) is 1. The lowest BCUT2D eigenvalue weighted by molar-refractivity contribution is -0.120. The van der Waals surface area contributed by atoms with Crippen molar-refractivity contribution in [3.8, 4) is 5.75 Å². The number of hydrogen-bond donors (Lipinski definition) is 3. The molecular formula is C26H37NO5. The highest BCUT2D eigenvalue weighted by Crippen LogP contribution is 2.26. The average Bonchev–Trinajstić information content (AvgIpc) is 2.76. The highest BCUT2D eigenvalue weighted by atomic mass is 16.5. The molecule has 0 radical (unpaired) electrons. The van der Waals surface area contributed by atoms with Gasteiger partial charge in [0.25, 0.3) is 0 Å². The van der Waals surface area contributed by atoms with Crippen molar-refractivity contribution in [3.63, 3.8) is 0 Å². The molecule has 1 aromatic rings. The Morgan fingerprint density at radius 1 is 1.25 bits per heavy atom. The second-order valence-corrected chi connectivity index (χ2v) is 8.55. The van der Waals surface area contributed by atoms with Crippen LogP contribution in [0, 0.1) is 5.92 Å². The number of aromatic hydroxyl groups is 1. The van der Waals surface area contributed by atoms with E-state index in [0.29, 0.717) is 31.2 Å². The average molecular weight is 444 g/mol. The van der Waals surface area contributed by atoms with Crippen molar-refractivity contribution in [2.24, 2.45) is 5.92 Å². The van der Waals surface area contributed by atoms with Gasteiger partial charge in [-0.25, -0.2) is 4.79 Å². The molecule has 2 rings (SSSR count). The Balaban J connectivity index is 2.05. The molecule has 0 fully saturated rings. The predicted octanol–water partition coefficient (Wildman–Crippen LogP) is 4.80. The van der Waals surface area contributed by atoms with Crippen molar-refractivity contribution >= 4 is 11.9 Å². The predicted molar refractivity (Wildman–Crippen MR) is 125 cm³/mol. The number of carbonyl (C=O) groups is 2. The lowest BCUT2D eigenvalue weighted by Crippen LogP contribution is -2.28. The first-order chi connectivity index (χ1) is 15.4. The van der Waals surface area contributed by atoms with E-state index in [1.165, 1.54) is 6.07 Å². The van der Waals surface area contributed by atoms with E-state index in [2.05, 4.69) is 12.2 Å². The zero-order valence-corrected chi connectivity index (χ0v) is 19.3. The van der Waals surface area contributed by atoms with Gasteiger partial charge in [-0.1, -0.05) is 63.5 Å². The molecule has 0 spiro atoms. The summed E-state index contributed by atoms with van der Waals surface area (Å²) in [5.41, 5.74) is 0.860. The lowest BCUT2D eigenvalue weighted by Gasteiger charge is -2.24. The highest BCUT2D eigenvalue weighted by molar-refractivity contribution is 5.94. The number of phenolic OH excluding ortho intramolecular Hbond substituents is 1. The summed E-state index contributed by atoms with van der Waals surface area (Å²) in [7, 11) is 0. The minimum atomic E-state index is -0.637. The van der Waals surface area contributed by atoms with Gasteiger partial charge >= 0.3 is 5.97 Å². The summed E-state index contributed by atoms with van der Waals surface area (Å²) in [4.78, 5) is 24.8. The fraction of sp³-hybridized carbons (Fsp3) is 0.538. The van der Waals surface area contributed by atoms with E-state index in [1.54, 1.807) is 24.4 Å². The first kappa shape index (κ1) is 25.7. The van der Waals surface area contributed by atoms with Gasteiger partial charge in [0.2, 0.25) is 5.91 Å². The van der Waals surface area contributed by atoms with Crippen LogP contribution in [0.15, 0.2) is 42.6 Å². The Kier molecular flexibility index (Phi) is 11.0. The Labute approximate surface area is 191 Å². The number of allylic oxidation sites excluding steroid dienone is 2. The molecule has 1 heterocycles. The number of carbonyl (C=O) groups excluding carboxylic acids is 2. The van der Waals surface area contributed by atoms with Gasteiger partial charge in [-0.15, -0.1) is 0 Å². The number of phenols is 1. The summed E-state index contributed by atoms with van der Waals surface area (Å²) in [6, 6.07) is 4.98. The van der Waals surface area contributed by atoms with Crippen LogP contribution in [0.5, 0.6) is 5.75 Å². The van der Waals surface area contributed by atoms with Crippen molar-refractivity contribution in [2.45, 2.75) is 83.8 Å². The summed E-state index contributed by atoms with van der Waals surface area (Å²) >= 11 is 0. The van der Waals surface area contributed by atoms with Crippen LogP contribution in [-0.4, -0.2) is 34.3 Å². The molecule has 0 saturated carbocycles. The Hall–Kier alpha value is -2.60. The standard InChI is InChI=1S/C26H37NO5/c1-3-4-5-6-16-24(30)27-17-10-14-21-18-23(29)19(2)11-7-8-12-20-13-9-15-22(28)25(20)26(31)32-21/h7-10,13,15,17,19,21,23,28-29H,3-6,11-12,14,16,18H2,1-2H3,(H,27,30)/b8-7-,17-10+. The summed E-state index contributed by atoms with van der Waals surface area (Å²) in [6.45, 7) is 4.10. The minimum Gasteiger partial charge on any atom is -0.507 e. The molecule has 1 aliphatic heterocycles. The summed E-state index contributed by atoms with van der Waals surface area (Å²) in [5, 5.41) is 23.6. The first-order valence-corrected chi connectivity index (χ1v) is 11.7. The van der Waals surface area contributed by atoms with Gasteiger partial charge in [0.15, 0.2) is 0 Å². The maximum Gasteiger partial charge on any atom is 0.342 e. The fourth-order valence-corrected chi connectivity index (χ4v) is 3.73. The Morgan fingerprint density at radius 2 is 2.06 bits per heavy atom. The topological polar surface area (TPSA) is 95.9 Å². The van der Waals surface area contributed by atoms with Crippen molar-refractivity contribution in [1.29, 1.82) is 0 Å². The van der Waals surface area contributed by atoms with Crippen molar-refractivity contribution in [3.05, 3.63) is 53.8 Å². The molecule has 6 nitrogen and oxygen atoms in total. The number of benzene rings is 1. The van der Waals surface area contributed by atoms with Crippen LogP contribution in [0.1, 0.15) is 81.1 Å². The number of aliphatic hydroxyl groups excluding tert-OH is 1. The Morgan fingerprint density at radius 3 is 2.84 bits per heavy atom. The Bertz CT molecular complexity index is 801. The lowest BCUT2D eigenvalue weighted by atomic mass is 9.93. The van der Waals surface area contributed by atoms with E-state index in [-0.39, 0.29) is 29.6 Å². The van der Waals surface area contributed by atoms with Gasteiger partial charge in [0.1, 0.15) is 17.4 Å². The van der Waals surface area contributed by atoms with E-state index in [0.717, 1.165) is 25.7 Å². The van der Waals surface area contributed by atoms with Gasteiger partial charge in [-0.05, 0) is 43.0 Å². The molecule has 6 heteroatoms. The molecule has 0 aliphatic carbocycles. The van der Waals surface area contributed by atoms with E-state index in [4.69, 9.17) is 4.74 Å². The largest absolute Gasteiger partial charge is 0.507 e. The van der Waals surface area contributed by atoms with Gasteiger partial charge in [0, 0.05) is 19.3 Å². The summed E-state index contributed by atoms with van der Waals surface area (Å²) in [6.07, 6.45) is 12.6. The van der Waals surface area contributed by atoms with Gasteiger partial charge < -0.3 is 20.3 Å². The molecule has 1 amide bonds. The van der Waals surface area contributed by atoms with Crippen LogP contribution in [0.4, 0.5) is 0 Å².